The fraction of sp³-hybridized carbons (Fsp3) is 0. The second-order valence-corrected chi connectivity index (χ2v) is 6.84. The summed E-state index contributed by atoms with van der Waals surface area (Å²) in [5.74, 6) is -0.504. The molecule has 0 unspecified atom stereocenters. The molecule has 9 heteroatoms. The van der Waals surface area contributed by atoms with Crippen LogP contribution in [0.4, 0.5) is 25.4 Å². The predicted molar refractivity (Wildman–Crippen MR) is 123 cm³/mol. The van der Waals surface area contributed by atoms with Gasteiger partial charge in [-0.1, -0.05) is 36.4 Å². The number of ether oxygens (including phenoxy) is 3. The van der Waals surface area contributed by atoms with Gasteiger partial charge in [0.15, 0.2) is 11.6 Å². The van der Waals surface area contributed by atoms with Gasteiger partial charge in [0.05, 0.1) is 5.69 Å². The Morgan fingerprint density at radius 2 is 1.47 bits per heavy atom. The van der Waals surface area contributed by atoms with E-state index < -0.39 is 18.0 Å². The second-order valence-electron chi connectivity index (χ2n) is 6.84. The Bertz CT molecular complexity index is 1300. The Kier molecular flexibility index (Phi) is 6.64. The molecule has 170 valence electrons. The van der Waals surface area contributed by atoms with Gasteiger partial charge in [-0.05, 0) is 42.5 Å². The van der Waals surface area contributed by atoms with Crippen molar-refractivity contribution in [2.75, 3.05) is 10.6 Å². The standard InChI is InChI=1S/C25H18FN3O5/c26-21-15-17(27)11-12-22(21)32-20-13-14-28-23(16-20)34-25(31)29(18-7-3-1-4-8-18)24(30)33-19-9-5-2-6-10-19/h1-16H,27H2. The summed E-state index contributed by atoms with van der Waals surface area (Å²) in [6.07, 6.45) is -0.725. The van der Waals surface area contributed by atoms with Gasteiger partial charge < -0.3 is 19.9 Å². The predicted octanol–water partition coefficient (Wildman–Crippen LogP) is 5.80. The Morgan fingerprint density at radius 1 is 0.794 bits per heavy atom. The van der Waals surface area contributed by atoms with Crippen molar-refractivity contribution in [3.05, 3.63) is 103 Å². The zero-order valence-corrected chi connectivity index (χ0v) is 17.6. The van der Waals surface area contributed by atoms with Crippen LogP contribution in [0.15, 0.2) is 97.2 Å². The Labute approximate surface area is 193 Å². The van der Waals surface area contributed by atoms with E-state index in [0.717, 1.165) is 11.0 Å². The summed E-state index contributed by atoms with van der Waals surface area (Å²) >= 11 is 0. The number of aromatic nitrogens is 1. The number of hydrogen-bond acceptors (Lipinski definition) is 7. The maximum atomic E-state index is 14.0. The molecule has 0 bridgehead atoms. The van der Waals surface area contributed by atoms with E-state index in [9.17, 15) is 14.0 Å². The first-order chi connectivity index (χ1) is 16.5. The molecule has 34 heavy (non-hydrogen) atoms. The first-order valence-corrected chi connectivity index (χ1v) is 10.0. The summed E-state index contributed by atoms with van der Waals surface area (Å²) in [6, 6.07) is 23.1. The van der Waals surface area contributed by atoms with Gasteiger partial charge >= 0.3 is 12.2 Å². The summed E-state index contributed by atoms with van der Waals surface area (Å²) in [5, 5.41) is 0. The molecule has 0 aliphatic rings. The van der Waals surface area contributed by atoms with Crippen molar-refractivity contribution >= 4 is 23.6 Å². The van der Waals surface area contributed by atoms with Crippen molar-refractivity contribution in [3.63, 3.8) is 0 Å². The molecule has 4 aromatic rings. The third-order valence-electron chi connectivity index (χ3n) is 4.41. The molecular formula is C25H18FN3O5. The quantitative estimate of drug-likeness (QED) is 0.376. The molecule has 3 aromatic carbocycles. The fourth-order valence-electron chi connectivity index (χ4n) is 2.87. The van der Waals surface area contributed by atoms with E-state index in [0.29, 0.717) is 0 Å². The summed E-state index contributed by atoms with van der Waals surface area (Å²) in [7, 11) is 0. The highest BCUT2D eigenvalue weighted by Crippen LogP contribution is 2.28. The number of nitrogens with zero attached hydrogens (tertiary/aromatic N) is 2. The van der Waals surface area contributed by atoms with Crippen molar-refractivity contribution < 1.29 is 28.2 Å². The zero-order valence-electron chi connectivity index (χ0n) is 17.6. The van der Waals surface area contributed by atoms with Crippen molar-refractivity contribution in [2.24, 2.45) is 0 Å². The van der Waals surface area contributed by atoms with Crippen LogP contribution >= 0.6 is 0 Å². The monoisotopic (exact) mass is 459 g/mol. The van der Waals surface area contributed by atoms with Gasteiger partial charge in [0.1, 0.15) is 11.5 Å². The molecule has 2 amide bonds. The van der Waals surface area contributed by atoms with Crippen LogP contribution in [0, 0.1) is 5.82 Å². The maximum Gasteiger partial charge on any atom is 0.430 e. The number of halogens is 1. The molecule has 1 heterocycles. The molecule has 4 rings (SSSR count). The first-order valence-electron chi connectivity index (χ1n) is 10.0. The summed E-state index contributed by atoms with van der Waals surface area (Å²) in [5.41, 5.74) is 6.02. The highest BCUT2D eigenvalue weighted by Gasteiger charge is 2.28. The van der Waals surface area contributed by atoms with Gasteiger partial charge in [0.2, 0.25) is 5.88 Å². The molecule has 0 saturated heterocycles. The summed E-state index contributed by atoms with van der Waals surface area (Å²) < 4.78 is 30.1. The molecule has 2 N–H and O–H groups in total. The summed E-state index contributed by atoms with van der Waals surface area (Å²) in [4.78, 5) is 30.5. The minimum atomic E-state index is -1.06. The van der Waals surface area contributed by atoms with Gasteiger partial charge in [0, 0.05) is 24.0 Å². The van der Waals surface area contributed by atoms with Crippen LogP contribution in [0.2, 0.25) is 0 Å². The Morgan fingerprint density at radius 3 is 2.18 bits per heavy atom. The second kappa shape index (κ2) is 10.1. The molecule has 1 aromatic heterocycles. The average Bonchev–Trinajstić information content (AvgIpc) is 2.83. The lowest BCUT2D eigenvalue weighted by molar-refractivity contribution is 0.189. The number of rotatable bonds is 5. The number of carbonyl (C=O) groups excluding carboxylic acids is 2. The third-order valence-corrected chi connectivity index (χ3v) is 4.41. The van der Waals surface area contributed by atoms with Crippen LogP contribution in [-0.2, 0) is 0 Å². The molecule has 0 spiro atoms. The molecule has 0 radical (unpaired) electrons. The van der Waals surface area contributed by atoms with E-state index in [-0.39, 0.29) is 34.5 Å². The Balaban J connectivity index is 1.54. The van der Waals surface area contributed by atoms with Crippen LogP contribution in [-0.4, -0.2) is 17.2 Å². The normalized spacial score (nSPS) is 10.3. The number of hydrogen-bond donors (Lipinski definition) is 1. The first kappa shape index (κ1) is 22.3. The van der Waals surface area contributed by atoms with Crippen LogP contribution < -0.4 is 24.8 Å². The number of imide groups is 1. The van der Waals surface area contributed by atoms with Gasteiger partial charge in [-0.3, -0.25) is 0 Å². The van der Waals surface area contributed by atoms with Gasteiger partial charge in [-0.15, -0.1) is 0 Å². The Hall–Kier alpha value is -4.92. The highest BCUT2D eigenvalue weighted by molar-refractivity contribution is 6.10. The lowest BCUT2D eigenvalue weighted by atomic mass is 10.3. The number of anilines is 2. The molecule has 8 nitrogen and oxygen atoms in total. The van der Waals surface area contributed by atoms with Crippen molar-refractivity contribution in [1.29, 1.82) is 0 Å². The third kappa shape index (κ3) is 5.46. The van der Waals surface area contributed by atoms with E-state index in [1.54, 1.807) is 60.7 Å². The topological polar surface area (TPSA) is 104 Å². The number of para-hydroxylation sites is 2. The number of carbonyl (C=O) groups is 2. The van der Waals surface area contributed by atoms with E-state index in [1.165, 1.54) is 30.5 Å². The SMILES string of the molecule is Nc1ccc(Oc2ccnc(OC(=O)N(C(=O)Oc3ccccc3)c3ccccc3)c2)c(F)c1. The number of benzene rings is 3. The molecule has 0 aliphatic heterocycles. The largest absolute Gasteiger partial charge is 0.454 e. The molecular weight excluding hydrogens is 441 g/mol. The van der Waals surface area contributed by atoms with E-state index in [4.69, 9.17) is 19.9 Å². The smallest absolute Gasteiger partial charge is 0.430 e. The lowest BCUT2D eigenvalue weighted by Gasteiger charge is -2.19. The fourth-order valence-corrected chi connectivity index (χ4v) is 2.87. The van der Waals surface area contributed by atoms with Gasteiger partial charge in [0.25, 0.3) is 0 Å². The number of nitrogen functional groups attached to an aromatic ring is 1. The lowest BCUT2D eigenvalue weighted by Crippen LogP contribution is -2.41. The van der Waals surface area contributed by atoms with Crippen LogP contribution in [0.3, 0.4) is 0 Å². The van der Waals surface area contributed by atoms with Crippen molar-refractivity contribution in [3.8, 4) is 23.1 Å². The molecule has 0 aliphatic carbocycles. The van der Waals surface area contributed by atoms with Crippen molar-refractivity contribution in [1.82, 2.24) is 4.98 Å². The maximum absolute atomic E-state index is 14.0. The van der Waals surface area contributed by atoms with Gasteiger partial charge in [-0.25, -0.2) is 19.0 Å². The highest BCUT2D eigenvalue weighted by atomic mass is 19.1. The van der Waals surface area contributed by atoms with Crippen LogP contribution in [0.5, 0.6) is 23.1 Å². The van der Waals surface area contributed by atoms with Crippen molar-refractivity contribution in [2.45, 2.75) is 0 Å². The molecule has 0 fully saturated rings. The van der Waals surface area contributed by atoms with Crippen LogP contribution in [0.1, 0.15) is 0 Å². The molecule has 0 atom stereocenters. The van der Waals surface area contributed by atoms with Crippen LogP contribution in [0.25, 0.3) is 0 Å². The minimum Gasteiger partial charge on any atom is -0.454 e. The number of nitrogens with two attached hydrogens (primary N) is 1. The summed E-state index contributed by atoms with van der Waals surface area (Å²) in [6.45, 7) is 0. The zero-order chi connectivity index (χ0) is 23.9. The average molecular weight is 459 g/mol. The van der Waals surface area contributed by atoms with E-state index >= 15 is 0 Å². The van der Waals surface area contributed by atoms with E-state index in [1.807, 2.05) is 0 Å². The van der Waals surface area contributed by atoms with E-state index in [2.05, 4.69) is 4.98 Å². The number of pyridine rings is 1. The molecule has 0 saturated carbocycles. The number of amides is 2. The van der Waals surface area contributed by atoms with Gasteiger partial charge in [-0.2, -0.15) is 4.90 Å². The minimum absolute atomic E-state index is 0.0740.